The zero-order valence-corrected chi connectivity index (χ0v) is 12.7. The van der Waals surface area contributed by atoms with E-state index in [0.29, 0.717) is 17.3 Å². The number of halogens is 2. The van der Waals surface area contributed by atoms with Gasteiger partial charge in [0.2, 0.25) is 5.91 Å². The Bertz CT molecular complexity index is 612. The Labute approximate surface area is 125 Å². The van der Waals surface area contributed by atoms with Crippen LogP contribution in [0.1, 0.15) is 18.7 Å². The molecule has 0 spiro atoms. The number of aryl methyl sites for hydroxylation is 2. The fourth-order valence-corrected chi connectivity index (χ4v) is 2.19. The van der Waals surface area contributed by atoms with Crippen molar-refractivity contribution in [3.05, 3.63) is 46.7 Å². The van der Waals surface area contributed by atoms with Crippen molar-refractivity contribution in [3.8, 4) is 0 Å². The lowest BCUT2D eigenvalue weighted by molar-refractivity contribution is -0.116. The number of imidazole rings is 1. The number of carbonyl (C=O) groups is 1. The van der Waals surface area contributed by atoms with Gasteiger partial charge in [-0.1, -0.05) is 15.9 Å². The van der Waals surface area contributed by atoms with E-state index in [-0.39, 0.29) is 11.6 Å². The molecule has 0 radical (unpaired) electrons. The lowest BCUT2D eigenvalue weighted by atomic mass is 10.2. The Kier molecular flexibility index (Phi) is 4.89. The zero-order valence-electron chi connectivity index (χ0n) is 11.1. The first-order valence-corrected chi connectivity index (χ1v) is 7.08. The molecule has 0 bridgehead atoms. The molecule has 1 N–H and O–H groups in total. The minimum Gasteiger partial charge on any atom is -0.335 e. The van der Waals surface area contributed by atoms with Crippen molar-refractivity contribution in [1.29, 1.82) is 0 Å². The zero-order chi connectivity index (χ0) is 14.5. The summed E-state index contributed by atoms with van der Waals surface area (Å²) in [4.78, 5) is 15.9. The van der Waals surface area contributed by atoms with Crippen molar-refractivity contribution in [3.63, 3.8) is 0 Å². The first-order valence-electron chi connectivity index (χ1n) is 6.29. The van der Waals surface area contributed by atoms with Crippen LogP contribution in [-0.4, -0.2) is 15.5 Å². The number of nitrogens with one attached hydrogen (secondary N) is 1. The van der Waals surface area contributed by atoms with Crippen LogP contribution in [0.3, 0.4) is 0 Å². The Morgan fingerprint density at radius 2 is 2.30 bits per heavy atom. The molecule has 1 aromatic heterocycles. The van der Waals surface area contributed by atoms with Crippen molar-refractivity contribution in [1.82, 2.24) is 9.55 Å². The Morgan fingerprint density at radius 1 is 1.50 bits per heavy atom. The van der Waals surface area contributed by atoms with E-state index < -0.39 is 5.82 Å². The summed E-state index contributed by atoms with van der Waals surface area (Å²) in [6.45, 7) is 2.64. The predicted molar refractivity (Wildman–Crippen MR) is 78.9 cm³/mol. The van der Waals surface area contributed by atoms with Crippen molar-refractivity contribution >= 4 is 27.5 Å². The molecule has 0 saturated carbocycles. The van der Waals surface area contributed by atoms with Gasteiger partial charge in [0, 0.05) is 29.8 Å². The van der Waals surface area contributed by atoms with Gasteiger partial charge in [-0.25, -0.2) is 9.37 Å². The van der Waals surface area contributed by atoms with Gasteiger partial charge < -0.3 is 9.88 Å². The van der Waals surface area contributed by atoms with Crippen LogP contribution in [0.25, 0.3) is 0 Å². The second-order valence-electron chi connectivity index (χ2n) is 4.44. The Balaban J connectivity index is 1.82. The predicted octanol–water partition coefficient (Wildman–Crippen LogP) is 3.51. The average molecular weight is 340 g/mol. The lowest BCUT2D eigenvalue weighted by Crippen LogP contribution is -2.13. The van der Waals surface area contributed by atoms with Gasteiger partial charge in [-0.2, -0.15) is 0 Å². The normalized spacial score (nSPS) is 10.6. The fourth-order valence-electron chi connectivity index (χ4n) is 1.85. The minimum atomic E-state index is -0.446. The summed E-state index contributed by atoms with van der Waals surface area (Å²) in [5.41, 5.74) is 0.206. The Hall–Kier alpha value is -1.69. The SMILES string of the molecule is Cc1nccn1CCCC(=O)Nc1ccc(Br)cc1F. The largest absolute Gasteiger partial charge is 0.335 e. The fraction of sp³-hybridized carbons (Fsp3) is 0.286. The first kappa shape index (κ1) is 14.7. The number of amides is 1. The molecule has 0 saturated heterocycles. The number of carbonyl (C=O) groups excluding carboxylic acids is 1. The van der Waals surface area contributed by atoms with Gasteiger partial charge in [-0.15, -0.1) is 0 Å². The quantitative estimate of drug-likeness (QED) is 0.905. The van der Waals surface area contributed by atoms with Crippen LogP contribution in [0.2, 0.25) is 0 Å². The topological polar surface area (TPSA) is 46.9 Å². The highest BCUT2D eigenvalue weighted by atomic mass is 79.9. The molecule has 0 fully saturated rings. The Morgan fingerprint density at radius 3 is 2.95 bits per heavy atom. The molecule has 0 atom stereocenters. The van der Waals surface area contributed by atoms with E-state index in [1.807, 2.05) is 17.7 Å². The highest BCUT2D eigenvalue weighted by molar-refractivity contribution is 9.10. The molecule has 2 rings (SSSR count). The van der Waals surface area contributed by atoms with Gasteiger partial charge in [0.15, 0.2) is 0 Å². The van der Waals surface area contributed by atoms with Crippen molar-refractivity contribution < 1.29 is 9.18 Å². The molecule has 20 heavy (non-hydrogen) atoms. The number of nitrogens with zero attached hydrogens (tertiary/aromatic N) is 2. The summed E-state index contributed by atoms with van der Waals surface area (Å²) in [6, 6.07) is 4.55. The molecule has 4 nitrogen and oxygen atoms in total. The molecular weight excluding hydrogens is 325 g/mol. The summed E-state index contributed by atoms with van der Waals surface area (Å²) in [6.07, 6.45) is 4.63. The van der Waals surface area contributed by atoms with E-state index in [1.54, 1.807) is 12.3 Å². The van der Waals surface area contributed by atoms with Gasteiger partial charge in [0.05, 0.1) is 5.69 Å². The number of benzene rings is 1. The third kappa shape index (κ3) is 3.90. The summed E-state index contributed by atoms with van der Waals surface area (Å²) in [5, 5.41) is 2.57. The second kappa shape index (κ2) is 6.65. The molecule has 1 amide bonds. The summed E-state index contributed by atoms with van der Waals surface area (Å²) in [5.74, 6) is 0.284. The molecule has 6 heteroatoms. The summed E-state index contributed by atoms with van der Waals surface area (Å²) in [7, 11) is 0. The number of rotatable bonds is 5. The molecule has 106 valence electrons. The minimum absolute atomic E-state index is 0.191. The highest BCUT2D eigenvalue weighted by Gasteiger charge is 2.07. The number of hydrogen-bond acceptors (Lipinski definition) is 2. The molecule has 0 aliphatic heterocycles. The molecular formula is C14H15BrFN3O. The van der Waals surface area contributed by atoms with Gasteiger partial charge in [0.25, 0.3) is 0 Å². The standard InChI is InChI=1S/C14H15BrFN3O/c1-10-17-6-8-19(10)7-2-3-14(20)18-13-5-4-11(15)9-12(13)16/h4-6,8-9H,2-3,7H2,1H3,(H,18,20). The lowest BCUT2D eigenvalue weighted by Gasteiger charge is -2.07. The van der Waals surface area contributed by atoms with Crippen LogP contribution in [-0.2, 0) is 11.3 Å². The molecule has 0 unspecified atom stereocenters. The van der Waals surface area contributed by atoms with Crippen molar-refractivity contribution in [2.75, 3.05) is 5.32 Å². The third-order valence-electron chi connectivity index (χ3n) is 2.93. The van der Waals surface area contributed by atoms with E-state index >= 15 is 0 Å². The van der Waals surface area contributed by atoms with Crippen LogP contribution >= 0.6 is 15.9 Å². The van der Waals surface area contributed by atoms with Gasteiger partial charge in [-0.3, -0.25) is 4.79 Å². The molecule has 0 aliphatic carbocycles. The second-order valence-corrected chi connectivity index (χ2v) is 5.36. The van der Waals surface area contributed by atoms with Crippen LogP contribution < -0.4 is 5.32 Å². The van der Waals surface area contributed by atoms with Crippen LogP contribution in [0.15, 0.2) is 35.1 Å². The molecule has 1 aromatic carbocycles. The third-order valence-corrected chi connectivity index (χ3v) is 3.42. The van der Waals surface area contributed by atoms with Crippen molar-refractivity contribution in [2.24, 2.45) is 0 Å². The first-order chi connectivity index (χ1) is 9.56. The van der Waals surface area contributed by atoms with Crippen LogP contribution in [0, 0.1) is 12.7 Å². The average Bonchev–Trinajstić information content (AvgIpc) is 2.79. The van der Waals surface area contributed by atoms with E-state index in [2.05, 4.69) is 26.2 Å². The number of hydrogen-bond donors (Lipinski definition) is 1. The van der Waals surface area contributed by atoms with Gasteiger partial charge >= 0.3 is 0 Å². The highest BCUT2D eigenvalue weighted by Crippen LogP contribution is 2.19. The molecule has 1 heterocycles. The van der Waals surface area contributed by atoms with Crippen molar-refractivity contribution in [2.45, 2.75) is 26.3 Å². The van der Waals surface area contributed by atoms with Crippen LogP contribution in [0.4, 0.5) is 10.1 Å². The van der Waals surface area contributed by atoms with Gasteiger partial charge in [-0.05, 0) is 31.5 Å². The van der Waals surface area contributed by atoms with E-state index in [1.165, 1.54) is 12.1 Å². The maximum absolute atomic E-state index is 13.6. The smallest absolute Gasteiger partial charge is 0.224 e. The number of anilines is 1. The summed E-state index contributed by atoms with van der Waals surface area (Å²) < 4.78 is 16.2. The maximum atomic E-state index is 13.6. The number of aromatic nitrogens is 2. The summed E-state index contributed by atoms with van der Waals surface area (Å²) >= 11 is 3.17. The van der Waals surface area contributed by atoms with Gasteiger partial charge in [0.1, 0.15) is 11.6 Å². The van der Waals surface area contributed by atoms with E-state index in [0.717, 1.165) is 12.4 Å². The molecule has 0 aliphatic rings. The van der Waals surface area contributed by atoms with Crippen LogP contribution in [0.5, 0.6) is 0 Å². The van der Waals surface area contributed by atoms with E-state index in [4.69, 9.17) is 0 Å². The molecule has 2 aromatic rings. The monoisotopic (exact) mass is 339 g/mol. The maximum Gasteiger partial charge on any atom is 0.224 e. The van der Waals surface area contributed by atoms with E-state index in [9.17, 15) is 9.18 Å².